The molecule has 0 radical (unpaired) electrons. The fourth-order valence-electron chi connectivity index (χ4n) is 5.68. The van der Waals surface area contributed by atoms with Gasteiger partial charge in [0.2, 0.25) is 0 Å². The van der Waals surface area contributed by atoms with Gasteiger partial charge < -0.3 is 37.9 Å². The van der Waals surface area contributed by atoms with Crippen LogP contribution < -0.4 is 9.47 Å². The van der Waals surface area contributed by atoms with Crippen LogP contribution in [0.25, 0.3) is 0 Å². The number of rotatable bonds is 24. The molecule has 0 heterocycles. The second kappa shape index (κ2) is 25.9. The summed E-state index contributed by atoms with van der Waals surface area (Å²) < 4.78 is 41.3. The van der Waals surface area contributed by atoms with Gasteiger partial charge in [0.15, 0.2) is 0 Å². The van der Waals surface area contributed by atoms with E-state index in [4.69, 9.17) is 37.9 Å². The summed E-state index contributed by atoms with van der Waals surface area (Å²) in [5.41, 5.74) is 1.68. The van der Waals surface area contributed by atoms with Crippen LogP contribution in [-0.2, 0) is 79.6 Å². The fraction of sp³-hybridized carbons (Fsp3) is 0.455. The summed E-state index contributed by atoms with van der Waals surface area (Å²) in [7, 11) is 0. The van der Waals surface area contributed by atoms with E-state index in [0.29, 0.717) is 50.0 Å². The first kappa shape index (κ1) is 48.1. The SMILES string of the molecule is C=CC(=O)OC[C@@H](C)OC(=O)CCC(=O)OCCc1ccc(OC(=O)C2CCC(C(=O)Oc3ccc(CCOC(=O)CCC(=O)O[C@H](C)COC(=O)C=C)cc3)CC2)cc1. The molecule has 16 nitrogen and oxygen atoms in total. The van der Waals surface area contributed by atoms with Crippen LogP contribution in [0.1, 0.15) is 76.3 Å². The maximum absolute atomic E-state index is 12.9. The van der Waals surface area contributed by atoms with Gasteiger partial charge in [-0.3, -0.25) is 28.8 Å². The number of benzene rings is 2. The molecule has 0 aliphatic heterocycles. The second-order valence-electron chi connectivity index (χ2n) is 13.9. The van der Waals surface area contributed by atoms with E-state index < -0.39 is 48.0 Å². The zero-order valence-corrected chi connectivity index (χ0v) is 33.9. The van der Waals surface area contributed by atoms with Crippen molar-refractivity contribution in [2.75, 3.05) is 26.4 Å². The molecule has 3 rings (SSSR count). The molecule has 2 atom stereocenters. The number of hydrogen-bond donors (Lipinski definition) is 0. The first-order chi connectivity index (χ1) is 28.7. The molecule has 16 heteroatoms. The van der Waals surface area contributed by atoms with E-state index in [-0.39, 0.29) is 75.9 Å². The van der Waals surface area contributed by atoms with Gasteiger partial charge in [0, 0.05) is 25.0 Å². The molecule has 0 unspecified atom stereocenters. The standard InChI is InChI=1S/C44H52O16/c1-5-37(45)55-27-29(3)57-41(49)21-19-39(47)53-25-23-31-7-15-35(16-8-31)59-43(51)33-11-13-34(14-12-33)44(52)60-36-17-9-32(10-18-36)24-26-54-40(48)20-22-42(50)58-30(4)28-56-38(46)6-2/h5-10,15-18,29-30,33-34H,1-2,11-14,19-28H2,3-4H3/t29-,30-,33?,34?/m1/s1. The highest BCUT2D eigenvalue weighted by atomic mass is 16.6. The molecule has 0 N–H and O–H groups in total. The van der Waals surface area contributed by atoms with Gasteiger partial charge >= 0.3 is 47.8 Å². The average Bonchev–Trinajstić information content (AvgIpc) is 3.24. The molecule has 0 spiro atoms. The monoisotopic (exact) mass is 836 g/mol. The smallest absolute Gasteiger partial charge is 0.330 e. The lowest BCUT2D eigenvalue weighted by Crippen LogP contribution is -2.30. The van der Waals surface area contributed by atoms with Crippen molar-refractivity contribution in [2.24, 2.45) is 11.8 Å². The molecule has 1 fully saturated rings. The van der Waals surface area contributed by atoms with Crippen molar-refractivity contribution in [2.45, 2.75) is 90.3 Å². The van der Waals surface area contributed by atoms with Crippen molar-refractivity contribution >= 4 is 47.8 Å². The number of esters is 8. The van der Waals surface area contributed by atoms with Crippen molar-refractivity contribution in [1.82, 2.24) is 0 Å². The van der Waals surface area contributed by atoms with Crippen LogP contribution in [0, 0.1) is 11.8 Å². The van der Waals surface area contributed by atoms with Gasteiger partial charge in [0.05, 0.1) is 50.7 Å². The van der Waals surface area contributed by atoms with E-state index in [2.05, 4.69) is 13.2 Å². The number of carbonyl (C=O) groups excluding carboxylic acids is 8. The second-order valence-corrected chi connectivity index (χ2v) is 13.9. The molecule has 1 aliphatic carbocycles. The largest absolute Gasteiger partial charge is 0.465 e. The van der Waals surface area contributed by atoms with Crippen molar-refractivity contribution in [3.05, 3.63) is 85.0 Å². The molecule has 2 aromatic rings. The Balaban J connectivity index is 1.27. The van der Waals surface area contributed by atoms with Crippen molar-refractivity contribution in [1.29, 1.82) is 0 Å². The minimum atomic E-state index is -0.673. The molecule has 2 aromatic carbocycles. The Morgan fingerprint density at radius 2 is 0.867 bits per heavy atom. The minimum Gasteiger partial charge on any atom is -0.465 e. The first-order valence-electron chi connectivity index (χ1n) is 19.6. The zero-order valence-electron chi connectivity index (χ0n) is 33.9. The highest BCUT2D eigenvalue weighted by Crippen LogP contribution is 2.31. The molecule has 0 amide bonds. The van der Waals surface area contributed by atoms with Gasteiger partial charge in [-0.15, -0.1) is 0 Å². The normalized spacial score (nSPS) is 15.4. The molecule has 0 bridgehead atoms. The van der Waals surface area contributed by atoms with E-state index in [1.807, 2.05) is 0 Å². The van der Waals surface area contributed by atoms with Crippen LogP contribution in [0.5, 0.6) is 11.5 Å². The summed E-state index contributed by atoms with van der Waals surface area (Å²) in [6.07, 6.45) is 2.64. The Morgan fingerprint density at radius 3 is 1.20 bits per heavy atom. The van der Waals surface area contributed by atoms with Crippen LogP contribution in [0.15, 0.2) is 73.8 Å². The van der Waals surface area contributed by atoms with Gasteiger partial charge in [-0.2, -0.15) is 0 Å². The summed E-state index contributed by atoms with van der Waals surface area (Å²) >= 11 is 0. The quantitative estimate of drug-likeness (QED) is 0.0586. The average molecular weight is 837 g/mol. The van der Waals surface area contributed by atoms with E-state index >= 15 is 0 Å². The fourth-order valence-corrected chi connectivity index (χ4v) is 5.68. The highest BCUT2D eigenvalue weighted by molar-refractivity contribution is 5.82. The number of carbonyl (C=O) groups is 8. The van der Waals surface area contributed by atoms with Gasteiger partial charge in [0.25, 0.3) is 0 Å². The minimum absolute atomic E-state index is 0.0856. The molecule has 324 valence electrons. The number of hydrogen-bond acceptors (Lipinski definition) is 16. The van der Waals surface area contributed by atoms with Crippen LogP contribution >= 0.6 is 0 Å². The van der Waals surface area contributed by atoms with Gasteiger partial charge in [-0.25, -0.2) is 9.59 Å². The molecule has 0 saturated heterocycles. The Bertz CT molecular complexity index is 1660. The maximum atomic E-state index is 12.9. The van der Waals surface area contributed by atoms with Crippen LogP contribution in [0.3, 0.4) is 0 Å². The molecule has 1 aliphatic rings. The van der Waals surface area contributed by atoms with Gasteiger partial charge in [-0.1, -0.05) is 37.4 Å². The summed E-state index contributed by atoms with van der Waals surface area (Å²) in [4.78, 5) is 95.9. The van der Waals surface area contributed by atoms with Crippen LogP contribution in [-0.4, -0.2) is 86.4 Å². The molecular weight excluding hydrogens is 784 g/mol. The molecular formula is C44H52O16. The Hall–Kier alpha value is -6.32. The molecule has 60 heavy (non-hydrogen) atoms. The van der Waals surface area contributed by atoms with E-state index in [1.165, 1.54) is 0 Å². The van der Waals surface area contributed by atoms with Crippen molar-refractivity contribution < 1.29 is 76.3 Å². The van der Waals surface area contributed by atoms with Crippen molar-refractivity contribution in [3.8, 4) is 11.5 Å². The van der Waals surface area contributed by atoms with Crippen LogP contribution in [0.2, 0.25) is 0 Å². The zero-order chi connectivity index (χ0) is 43.9. The Kier molecular flexibility index (Phi) is 20.8. The predicted molar refractivity (Wildman–Crippen MR) is 211 cm³/mol. The lowest BCUT2D eigenvalue weighted by molar-refractivity contribution is -0.157. The van der Waals surface area contributed by atoms with Gasteiger partial charge in [0.1, 0.15) is 36.9 Å². The topological polar surface area (TPSA) is 210 Å². The Morgan fingerprint density at radius 1 is 0.533 bits per heavy atom. The molecule has 0 aromatic heterocycles. The highest BCUT2D eigenvalue weighted by Gasteiger charge is 2.32. The lowest BCUT2D eigenvalue weighted by Gasteiger charge is -2.25. The summed E-state index contributed by atoms with van der Waals surface area (Å²) in [6.45, 7) is 9.58. The summed E-state index contributed by atoms with van der Waals surface area (Å²) in [6, 6.07) is 13.6. The van der Waals surface area contributed by atoms with Gasteiger partial charge in [-0.05, 0) is 74.9 Å². The predicted octanol–water partition coefficient (Wildman–Crippen LogP) is 5.06. The van der Waals surface area contributed by atoms with E-state index in [0.717, 1.165) is 23.3 Å². The number of ether oxygens (including phenoxy) is 8. The summed E-state index contributed by atoms with van der Waals surface area (Å²) in [5, 5.41) is 0. The third-order valence-electron chi connectivity index (χ3n) is 8.97. The lowest BCUT2D eigenvalue weighted by atomic mass is 9.82. The summed E-state index contributed by atoms with van der Waals surface area (Å²) in [5.74, 6) is -4.39. The third kappa shape index (κ3) is 19.0. The molecule has 1 saturated carbocycles. The van der Waals surface area contributed by atoms with E-state index in [9.17, 15) is 38.4 Å². The maximum Gasteiger partial charge on any atom is 0.330 e. The third-order valence-corrected chi connectivity index (χ3v) is 8.97. The first-order valence-corrected chi connectivity index (χ1v) is 19.6. The van der Waals surface area contributed by atoms with E-state index in [1.54, 1.807) is 62.4 Å². The van der Waals surface area contributed by atoms with Crippen LogP contribution in [0.4, 0.5) is 0 Å². The Labute approximate surface area is 348 Å². The van der Waals surface area contributed by atoms with Crippen molar-refractivity contribution in [3.63, 3.8) is 0 Å².